The third-order valence-electron chi connectivity index (χ3n) is 2.94. The Kier molecular flexibility index (Phi) is 4.97. The van der Waals surface area contributed by atoms with E-state index in [2.05, 4.69) is 53.0 Å². The molecule has 0 unspecified atom stereocenters. The predicted molar refractivity (Wildman–Crippen MR) is 77.6 cm³/mol. The Balaban J connectivity index is 2.90. The van der Waals surface area contributed by atoms with Gasteiger partial charge < -0.3 is 5.32 Å². The number of rotatable bonds is 5. The van der Waals surface area contributed by atoms with Crippen molar-refractivity contribution in [3.8, 4) is 12.3 Å². The molecule has 1 N–H and O–H groups in total. The van der Waals surface area contributed by atoms with E-state index < -0.39 is 0 Å². The number of terminal acetylenes is 1. The molecule has 0 aliphatic rings. The van der Waals surface area contributed by atoms with Gasteiger partial charge in [-0.05, 0) is 27.8 Å². The van der Waals surface area contributed by atoms with Crippen LogP contribution in [0.3, 0.4) is 0 Å². The van der Waals surface area contributed by atoms with Crippen molar-refractivity contribution in [2.75, 3.05) is 11.9 Å². The van der Waals surface area contributed by atoms with Gasteiger partial charge in [-0.3, -0.25) is 4.79 Å². The maximum atomic E-state index is 11.9. The van der Waals surface area contributed by atoms with E-state index in [4.69, 9.17) is 6.42 Å². The van der Waals surface area contributed by atoms with Crippen molar-refractivity contribution in [1.29, 1.82) is 0 Å². The SMILES string of the molecule is C#CCn1ncc(NCC(C)(C)CC)c(Br)c1=O. The topological polar surface area (TPSA) is 46.9 Å². The first-order valence-corrected chi connectivity index (χ1v) is 6.63. The zero-order chi connectivity index (χ0) is 13.8. The fraction of sp³-hybridized carbons (Fsp3) is 0.538. The van der Waals surface area contributed by atoms with Crippen LogP contribution < -0.4 is 10.9 Å². The van der Waals surface area contributed by atoms with Crippen LogP contribution in [-0.4, -0.2) is 16.3 Å². The van der Waals surface area contributed by atoms with Crippen LogP contribution in [0.4, 0.5) is 5.69 Å². The number of nitrogens with one attached hydrogen (secondary N) is 1. The van der Waals surface area contributed by atoms with Gasteiger partial charge >= 0.3 is 0 Å². The summed E-state index contributed by atoms with van der Waals surface area (Å²) in [5, 5.41) is 7.26. The average Bonchev–Trinajstić information content (AvgIpc) is 2.34. The minimum absolute atomic E-state index is 0.174. The van der Waals surface area contributed by atoms with Gasteiger partial charge in [0.25, 0.3) is 5.56 Å². The molecule has 0 radical (unpaired) electrons. The molecule has 0 saturated carbocycles. The first kappa shape index (κ1) is 14.8. The highest BCUT2D eigenvalue weighted by atomic mass is 79.9. The molecule has 0 saturated heterocycles. The molecule has 0 fully saturated rings. The van der Waals surface area contributed by atoms with Crippen LogP contribution in [0.5, 0.6) is 0 Å². The van der Waals surface area contributed by atoms with E-state index in [0.717, 1.165) is 13.0 Å². The van der Waals surface area contributed by atoms with Crippen molar-refractivity contribution in [1.82, 2.24) is 9.78 Å². The molecule has 0 aliphatic heterocycles. The molecule has 0 bridgehead atoms. The molecule has 1 rings (SSSR count). The zero-order valence-corrected chi connectivity index (χ0v) is 12.5. The molecule has 98 valence electrons. The summed E-state index contributed by atoms with van der Waals surface area (Å²) in [6.07, 6.45) is 7.85. The molecular weight excluding hydrogens is 294 g/mol. The minimum atomic E-state index is -0.216. The first-order valence-electron chi connectivity index (χ1n) is 5.84. The second-order valence-electron chi connectivity index (χ2n) is 4.91. The lowest BCUT2D eigenvalue weighted by Gasteiger charge is -2.23. The second-order valence-corrected chi connectivity index (χ2v) is 5.70. The van der Waals surface area contributed by atoms with Gasteiger partial charge in [0.05, 0.1) is 11.9 Å². The number of nitrogens with zero attached hydrogens (tertiary/aromatic N) is 2. The molecule has 18 heavy (non-hydrogen) atoms. The molecule has 1 aromatic rings. The molecule has 1 heterocycles. The Morgan fingerprint density at radius 1 is 1.61 bits per heavy atom. The van der Waals surface area contributed by atoms with Gasteiger partial charge in [0.1, 0.15) is 11.0 Å². The number of aromatic nitrogens is 2. The Hall–Kier alpha value is -1.28. The molecule has 1 aromatic heterocycles. The molecule has 5 heteroatoms. The molecular formula is C13H18BrN3O. The van der Waals surface area contributed by atoms with Crippen LogP contribution in [0.2, 0.25) is 0 Å². The Labute approximate surface area is 116 Å². The van der Waals surface area contributed by atoms with E-state index in [1.165, 1.54) is 4.68 Å². The quantitative estimate of drug-likeness (QED) is 0.850. The zero-order valence-electron chi connectivity index (χ0n) is 11.0. The maximum Gasteiger partial charge on any atom is 0.284 e. The van der Waals surface area contributed by atoms with Crippen LogP contribution >= 0.6 is 15.9 Å². The second kappa shape index (κ2) is 6.05. The largest absolute Gasteiger partial charge is 0.382 e. The summed E-state index contributed by atoms with van der Waals surface area (Å²) in [6, 6.07) is 0. The normalized spacial score (nSPS) is 11.1. The van der Waals surface area contributed by atoms with Crippen molar-refractivity contribution in [3.63, 3.8) is 0 Å². The lowest BCUT2D eigenvalue weighted by Crippen LogP contribution is -2.27. The standard InChI is InChI=1S/C13H18BrN3O/c1-5-7-17-12(18)11(14)10(8-16-17)15-9-13(3,4)6-2/h1,8,15H,6-7,9H2,2-4H3. The minimum Gasteiger partial charge on any atom is -0.382 e. The van der Waals surface area contributed by atoms with Crippen LogP contribution in [0.25, 0.3) is 0 Å². The van der Waals surface area contributed by atoms with E-state index >= 15 is 0 Å². The molecule has 0 amide bonds. The van der Waals surface area contributed by atoms with Gasteiger partial charge in [-0.2, -0.15) is 5.10 Å². The van der Waals surface area contributed by atoms with Gasteiger partial charge in [0, 0.05) is 6.54 Å². The van der Waals surface area contributed by atoms with Gasteiger partial charge in [0.15, 0.2) is 0 Å². The van der Waals surface area contributed by atoms with Crippen LogP contribution in [0, 0.1) is 17.8 Å². The van der Waals surface area contributed by atoms with E-state index in [9.17, 15) is 4.79 Å². The van der Waals surface area contributed by atoms with E-state index in [-0.39, 0.29) is 17.5 Å². The van der Waals surface area contributed by atoms with Crippen molar-refractivity contribution >= 4 is 21.6 Å². The fourth-order valence-electron chi connectivity index (χ4n) is 1.25. The van der Waals surface area contributed by atoms with Crippen LogP contribution in [-0.2, 0) is 6.54 Å². The predicted octanol–water partition coefficient (Wildman–Crippen LogP) is 2.49. The Bertz CT molecular complexity index is 514. The Morgan fingerprint density at radius 2 is 2.28 bits per heavy atom. The monoisotopic (exact) mass is 311 g/mol. The summed E-state index contributed by atoms with van der Waals surface area (Å²) in [7, 11) is 0. The van der Waals surface area contributed by atoms with Crippen molar-refractivity contribution < 1.29 is 0 Å². The molecule has 0 aromatic carbocycles. The fourth-order valence-corrected chi connectivity index (χ4v) is 1.69. The average molecular weight is 312 g/mol. The highest BCUT2D eigenvalue weighted by Gasteiger charge is 2.16. The summed E-state index contributed by atoms with van der Waals surface area (Å²) >= 11 is 3.29. The van der Waals surface area contributed by atoms with Crippen molar-refractivity contribution in [3.05, 3.63) is 21.0 Å². The lowest BCUT2D eigenvalue weighted by molar-refractivity contribution is 0.377. The summed E-state index contributed by atoms with van der Waals surface area (Å²) in [5.74, 6) is 2.40. The maximum absolute atomic E-state index is 11.9. The highest BCUT2D eigenvalue weighted by Crippen LogP contribution is 2.22. The summed E-state index contributed by atoms with van der Waals surface area (Å²) < 4.78 is 1.72. The van der Waals surface area contributed by atoms with Gasteiger partial charge in [-0.1, -0.05) is 26.7 Å². The summed E-state index contributed by atoms with van der Waals surface area (Å²) in [5.41, 5.74) is 0.662. The number of anilines is 1. The summed E-state index contributed by atoms with van der Waals surface area (Å²) in [4.78, 5) is 11.9. The number of hydrogen-bond acceptors (Lipinski definition) is 3. The lowest BCUT2D eigenvalue weighted by atomic mass is 9.90. The molecule has 4 nitrogen and oxygen atoms in total. The van der Waals surface area contributed by atoms with Gasteiger partial charge in [-0.25, -0.2) is 4.68 Å². The Morgan fingerprint density at radius 3 is 2.83 bits per heavy atom. The van der Waals surface area contributed by atoms with E-state index in [1.807, 2.05) is 0 Å². The third kappa shape index (κ3) is 3.61. The van der Waals surface area contributed by atoms with Gasteiger partial charge in [-0.15, -0.1) is 6.42 Å². The van der Waals surface area contributed by atoms with Crippen molar-refractivity contribution in [2.24, 2.45) is 5.41 Å². The van der Waals surface area contributed by atoms with E-state index in [1.54, 1.807) is 6.20 Å². The molecule has 0 atom stereocenters. The van der Waals surface area contributed by atoms with Crippen LogP contribution in [0.15, 0.2) is 15.5 Å². The molecule has 0 aliphatic carbocycles. The van der Waals surface area contributed by atoms with E-state index in [0.29, 0.717) is 10.2 Å². The third-order valence-corrected chi connectivity index (χ3v) is 3.71. The highest BCUT2D eigenvalue weighted by molar-refractivity contribution is 9.10. The first-order chi connectivity index (χ1) is 8.41. The smallest absolute Gasteiger partial charge is 0.284 e. The van der Waals surface area contributed by atoms with Crippen LogP contribution in [0.1, 0.15) is 27.2 Å². The summed E-state index contributed by atoms with van der Waals surface area (Å²) in [6.45, 7) is 7.43. The number of hydrogen-bond donors (Lipinski definition) is 1. The molecule has 0 spiro atoms. The van der Waals surface area contributed by atoms with Gasteiger partial charge in [0.2, 0.25) is 0 Å². The van der Waals surface area contributed by atoms with Crippen molar-refractivity contribution in [2.45, 2.75) is 33.7 Å². The number of halogens is 1.